The monoisotopic (exact) mass is 688 g/mol. The molecule has 2 saturated heterocycles. The van der Waals surface area contributed by atoms with E-state index in [1.807, 2.05) is 36.4 Å². The number of epoxide rings is 2. The molecular formula is C40H49O8P. The molecule has 6 rings (SSSR count). The van der Waals surface area contributed by atoms with E-state index in [2.05, 4.69) is 0 Å². The van der Waals surface area contributed by atoms with Gasteiger partial charge in [-0.2, -0.15) is 0 Å². The number of ether oxygens (including phenoxy) is 4. The highest BCUT2D eigenvalue weighted by atomic mass is 31.2. The van der Waals surface area contributed by atoms with Gasteiger partial charge < -0.3 is 23.5 Å². The number of para-hydroxylation sites is 1. The fourth-order valence-corrected chi connectivity index (χ4v) is 8.89. The van der Waals surface area contributed by atoms with Crippen molar-refractivity contribution in [1.82, 2.24) is 0 Å². The molecule has 0 amide bonds. The average molecular weight is 689 g/mol. The Bertz CT molecular complexity index is 1610. The summed E-state index contributed by atoms with van der Waals surface area (Å²) in [4.78, 5) is 25.9. The summed E-state index contributed by atoms with van der Waals surface area (Å²) in [5.41, 5.74) is 1.63. The van der Waals surface area contributed by atoms with Crippen molar-refractivity contribution in [2.75, 3.05) is 13.2 Å². The molecular weight excluding hydrogens is 639 g/mol. The molecule has 262 valence electrons. The molecule has 3 unspecified atom stereocenters. The Morgan fingerprint density at radius 2 is 1.14 bits per heavy atom. The minimum absolute atomic E-state index is 0.151. The maximum absolute atomic E-state index is 15.1. The third-order valence-corrected chi connectivity index (χ3v) is 11.9. The third kappa shape index (κ3) is 10.3. The van der Waals surface area contributed by atoms with Gasteiger partial charge in [-0.3, -0.25) is 14.2 Å². The summed E-state index contributed by atoms with van der Waals surface area (Å²) in [5.74, 6) is 0.129. The van der Waals surface area contributed by atoms with E-state index in [-0.39, 0.29) is 29.2 Å². The number of benzene rings is 3. The van der Waals surface area contributed by atoms with Crippen LogP contribution in [-0.2, 0) is 23.6 Å². The van der Waals surface area contributed by atoms with Crippen molar-refractivity contribution in [3.8, 4) is 28.4 Å². The number of rotatable bonds is 21. The van der Waals surface area contributed by atoms with Gasteiger partial charge in [0.15, 0.2) is 0 Å². The van der Waals surface area contributed by atoms with Gasteiger partial charge in [-0.15, -0.1) is 0 Å². The first-order chi connectivity index (χ1) is 24.0. The van der Waals surface area contributed by atoms with E-state index in [9.17, 15) is 9.59 Å². The first-order valence-corrected chi connectivity index (χ1v) is 19.9. The molecule has 8 nitrogen and oxygen atoms in total. The number of esters is 2. The van der Waals surface area contributed by atoms with Crippen LogP contribution in [-0.4, -0.2) is 37.4 Å². The number of hydrogen-bond donors (Lipinski definition) is 0. The summed E-state index contributed by atoms with van der Waals surface area (Å²) in [6.45, 7) is 1.83. The van der Waals surface area contributed by atoms with Gasteiger partial charge >= 0.3 is 19.3 Å². The van der Waals surface area contributed by atoms with E-state index in [0.717, 1.165) is 88.5 Å². The van der Waals surface area contributed by atoms with Crippen LogP contribution in [0.3, 0.4) is 0 Å². The van der Waals surface area contributed by atoms with Gasteiger partial charge in [0.25, 0.3) is 0 Å². The summed E-state index contributed by atoms with van der Waals surface area (Å²) in [7, 11) is -3.83. The summed E-state index contributed by atoms with van der Waals surface area (Å²) in [6, 6.07) is 19.6. The Hall–Kier alpha value is -3.45. The van der Waals surface area contributed by atoms with Crippen molar-refractivity contribution >= 4 is 29.9 Å². The van der Waals surface area contributed by atoms with Gasteiger partial charge in [-0.1, -0.05) is 101 Å². The van der Waals surface area contributed by atoms with Crippen LogP contribution in [0.15, 0.2) is 66.7 Å². The van der Waals surface area contributed by atoms with E-state index < -0.39 is 13.3 Å². The van der Waals surface area contributed by atoms with Crippen LogP contribution in [0.25, 0.3) is 11.1 Å². The highest BCUT2D eigenvalue weighted by molar-refractivity contribution is 7.75. The van der Waals surface area contributed by atoms with Gasteiger partial charge in [-0.05, 0) is 61.6 Å². The first-order valence-electron chi connectivity index (χ1n) is 18.3. The lowest BCUT2D eigenvalue weighted by molar-refractivity contribution is -0.135. The van der Waals surface area contributed by atoms with E-state index in [0.29, 0.717) is 29.7 Å². The minimum atomic E-state index is -3.83. The van der Waals surface area contributed by atoms with Crippen LogP contribution in [0.4, 0.5) is 0 Å². The summed E-state index contributed by atoms with van der Waals surface area (Å²) >= 11 is 0. The Labute approximate surface area is 290 Å². The third-order valence-electron chi connectivity index (χ3n) is 9.45. The predicted molar refractivity (Wildman–Crippen MR) is 190 cm³/mol. The lowest BCUT2D eigenvalue weighted by atomic mass is 10.0. The van der Waals surface area contributed by atoms with E-state index in [1.54, 1.807) is 30.3 Å². The van der Waals surface area contributed by atoms with E-state index in [1.165, 1.54) is 25.7 Å². The largest absolute Gasteiger partial charge is 0.436 e. The fourth-order valence-electron chi connectivity index (χ4n) is 6.49. The zero-order chi connectivity index (χ0) is 33.9. The molecule has 0 aromatic heterocycles. The molecule has 0 N–H and O–H groups in total. The van der Waals surface area contributed by atoms with Gasteiger partial charge in [0.1, 0.15) is 17.2 Å². The number of carbonyl (C=O) groups is 2. The zero-order valence-corrected chi connectivity index (χ0v) is 29.3. The Morgan fingerprint density at radius 3 is 1.78 bits per heavy atom. The van der Waals surface area contributed by atoms with Crippen molar-refractivity contribution in [2.24, 2.45) is 0 Å². The van der Waals surface area contributed by atoms with Crippen molar-refractivity contribution in [1.29, 1.82) is 0 Å². The van der Waals surface area contributed by atoms with Crippen LogP contribution >= 0.6 is 7.37 Å². The molecule has 0 radical (unpaired) electrons. The van der Waals surface area contributed by atoms with Gasteiger partial charge in [0.2, 0.25) is 0 Å². The molecule has 49 heavy (non-hydrogen) atoms. The minimum Gasteiger partial charge on any atom is -0.436 e. The molecule has 3 aromatic carbocycles. The molecule has 2 fully saturated rings. The molecule has 0 saturated carbocycles. The molecule has 3 aliphatic rings. The lowest BCUT2D eigenvalue weighted by Crippen LogP contribution is -2.27. The standard InChI is InChI=1S/C40H49O8P/c41-39(23-11-7-3-1-5-9-17-31-28-44-31)46-30-25-26-36(47-40(42)24-12-8-4-2-6-10-18-32-29-45-32)38(27-30)49(43)37-22-16-14-20-34(37)33-19-13-15-21-35(33)48-49/h13-16,19-22,25-27,31-32H,1-12,17-18,23-24,28-29H2. The SMILES string of the molecule is O=C(CCCCCCCCC1CO1)Oc1ccc(OC(=O)CCCCCCCCC2CO2)c(P2(=O)Oc3ccccc3-c3ccccc32)c1. The molecule has 9 heteroatoms. The lowest BCUT2D eigenvalue weighted by Gasteiger charge is -2.29. The molecule has 3 heterocycles. The van der Waals surface area contributed by atoms with Gasteiger partial charge in [-0.25, -0.2) is 0 Å². The van der Waals surface area contributed by atoms with Crippen molar-refractivity contribution in [3.05, 3.63) is 66.7 Å². The normalized spacial score (nSPS) is 20.1. The number of carbonyl (C=O) groups excluding carboxylic acids is 2. The number of hydrogen-bond acceptors (Lipinski definition) is 8. The molecule has 0 aliphatic carbocycles. The van der Waals surface area contributed by atoms with Crippen LogP contribution in [0.1, 0.15) is 103 Å². The van der Waals surface area contributed by atoms with Crippen LogP contribution in [0.2, 0.25) is 0 Å². The Kier molecular flexibility index (Phi) is 12.6. The quantitative estimate of drug-likeness (QED) is 0.0360. The average Bonchev–Trinajstić information content (AvgIpc) is 4.05. The highest BCUT2D eigenvalue weighted by Gasteiger charge is 2.40. The molecule has 3 atom stereocenters. The maximum atomic E-state index is 15.1. The first kappa shape index (κ1) is 35.4. The fraction of sp³-hybridized carbons (Fsp3) is 0.500. The Morgan fingerprint density at radius 1 is 0.612 bits per heavy atom. The molecule has 3 aliphatic heterocycles. The zero-order valence-electron chi connectivity index (χ0n) is 28.4. The van der Waals surface area contributed by atoms with Crippen LogP contribution in [0.5, 0.6) is 17.2 Å². The van der Waals surface area contributed by atoms with E-state index >= 15 is 4.57 Å². The molecule has 0 spiro atoms. The summed E-state index contributed by atoms with van der Waals surface area (Å²) in [5, 5.41) is 0.705. The van der Waals surface area contributed by atoms with Crippen LogP contribution in [0, 0.1) is 0 Å². The predicted octanol–water partition coefficient (Wildman–Crippen LogP) is 8.82. The van der Waals surface area contributed by atoms with Crippen LogP contribution < -0.4 is 24.6 Å². The second-order valence-corrected chi connectivity index (χ2v) is 15.7. The number of unbranched alkanes of at least 4 members (excludes halogenated alkanes) is 10. The van der Waals surface area contributed by atoms with Gasteiger partial charge in [0.05, 0.1) is 36.0 Å². The van der Waals surface area contributed by atoms with Crippen molar-refractivity contribution < 1.29 is 37.6 Å². The van der Waals surface area contributed by atoms with Gasteiger partial charge in [0, 0.05) is 18.4 Å². The second kappa shape index (κ2) is 17.5. The summed E-state index contributed by atoms with van der Waals surface area (Å²) in [6.07, 6.45) is 16.4. The molecule has 3 aromatic rings. The smallest absolute Gasteiger partial charge is 0.311 e. The Balaban J connectivity index is 1.09. The topological polar surface area (TPSA) is 104 Å². The van der Waals surface area contributed by atoms with Crippen molar-refractivity contribution in [2.45, 2.75) is 115 Å². The highest BCUT2D eigenvalue weighted by Crippen LogP contribution is 2.55. The maximum Gasteiger partial charge on any atom is 0.311 e. The van der Waals surface area contributed by atoms with Crippen molar-refractivity contribution in [3.63, 3.8) is 0 Å². The second-order valence-electron chi connectivity index (χ2n) is 13.5. The summed E-state index contributed by atoms with van der Waals surface area (Å²) < 4.78 is 43.6. The number of fused-ring (bicyclic) bond motifs is 3. The van der Waals surface area contributed by atoms with E-state index in [4.69, 9.17) is 23.5 Å². The molecule has 0 bridgehead atoms.